The lowest BCUT2D eigenvalue weighted by molar-refractivity contribution is -0.131. The fraction of sp³-hybridized carbons (Fsp3) is 0.273. The number of amides is 1. The number of halogens is 1. The van der Waals surface area contributed by atoms with E-state index in [0.29, 0.717) is 30.7 Å². The molecule has 0 heterocycles. The van der Waals surface area contributed by atoms with Crippen LogP contribution in [0.15, 0.2) is 65.2 Å². The average Bonchev–Trinajstić information content (AvgIpc) is 2.71. The molecule has 0 spiro atoms. The van der Waals surface area contributed by atoms with Crippen LogP contribution in [0.2, 0.25) is 0 Å². The van der Waals surface area contributed by atoms with Gasteiger partial charge in [0.25, 0.3) is 0 Å². The topological polar surface area (TPSA) is 105 Å². The predicted octanol–water partition coefficient (Wildman–Crippen LogP) is 5.27. The number of aliphatic carboxylic acids is 1. The van der Waals surface area contributed by atoms with E-state index in [4.69, 9.17) is 14.6 Å². The highest BCUT2D eigenvalue weighted by Crippen LogP contribution is 2.29. The van der Waals surface area contributed by atoms with Gasteiger partial charge < -0.3 is 19.7 Å². The van der Waals surface area contributed by atoms with E-state index in [1.54, 1.807) is 36.4 Å². The maximum atomic E-state index is 12.5. The van der Waals surface area contributed by atoms with Crippen molar-refractivity contribution in [3.63, 3.8) is 0 Å². The first kappa shape index (κ1) is 23.4. The van der Waals surface area contributed by atoms with Crippen LogP contribution in [-0.2, 0) is 14.3 Å². The summed E-state index contributed by atoms with van der Waals surface area (Å²) in [6.45, 7) is 2.22. The van der Waals surface area contributed by atoms with Gasteiger partial charge in [0.15, 0.2) is 6.10 Å². The summed E-state index contributed by atoms with van der Waals surface area (Å²) in [5.41, 5.74) is 1.23. The predicted molar refractivity (Wildman–Crippen MR) is 117 cm³/mol. The molecule has 2 atom stereocenters. The number of aromatic hydroxyl groups is 1. The number of carboxylic acid groups (broad SMARTS) is 1. The zero-order valence-corrected chi connectivity index (χ0v) is 18.0. The van der Waals surface area contributed by atoms with E-state index in [1.165, 1.54) is 18.2 Å². The Morgan fingerprint density at radius 1 is 1.13 bits per heavy atom. The van der Waals surface area contributed by atoms with Crippen LogP contribution in [0.5, 0.6) is 5.75 Å². The Morgan fingerprint density at radius 2 is 1.80 bits per heavy atom. The van der Waals surface area contributed by atoms with Crippen LogP contribution < -0.4 is 5.32 Å². The monoisotopic (exact) mass is 477 g/mol. The standard InChI is InChI=1S/C22H24BrNO6/c1-2-29-19(5-3-4-6-20(26)27)21(15-7-13-18(25)14-8-15)30-22(28)24-17-11-9-16(23)10-12-17/h4,6-14,19,21,25H,2-3,5H2,1H3,(H,24,28)(H,26,27)/b6-4+/t19-,21-/m1/s1. The lowest BCUT2D eigenvalue weighted by atomic mass is 10.00. The van der Waals surface area contributed by atoms with E-state index in [2.05, 4.69) is 21.2 Å². The Hall–Kier alpha value is -2.84. The van der Waals surface area contributed by atoms with Gasteiger partial charge in [-0.2, -0.15) is 0 Å². The highest BCUT2D eigenvalue weighted by Gasteiger charge is 2.27. The molecule has 2 aromatic carbocycles. The molecule has 0 aliphatic carbocycles. The minimum atomic E-state index is -1.02. The minimum Gasteiger partial charge on any atom is -0.508 e. The summed E-state index contributed by atoms with van der Waals surface area (Å²) < 4.78 is 12.4. The molecule has 1 amide bonds. The molecule has 0 saturated heterocycles. The fourth-order valence-electron chi connectivity index (χ4n) is 2.80. The molecule has 2 rings (SSSR count). The van der Waals surface area contributed by atoms with Gasteiger partial charge in [0.1, 0.15) is 5.75 Å². The van der Waals surface area contributed by atoms with Crippen molar-refractivity contribution < 1.29 is 29.3 Å². The minimum absolute atomic E-state index is 0.0918. The van der Waals surface area contributed by atoms with Crippen LogP contribution in [0.4, 0.5) is 10.5 Å². The Morgan fingerprint density at radius 3 is 2.40 bits per heavy atom. The number of phenols is 1. The third kappa shape index (κ3) is 7.88. The van der Waals surface area contributed by atoms with Gasteiger partial charge in [0.05, 0.1) is 6.10 Å². The van der Waals surface area contributed by atoms with Gasteiger partial charge in [-0.1, -0.05) is 34.1 Å². The van der Waals surface area contributed by atoms with Crippen LogP contribution >= 0.6 is 15.9 Å². The number of ether oxygens (including phenoxy) is 2. The highest BCUT2D eigenvalue weighted by atomic mass is 79.9. The summed E-state index contributed by atoms with van der Waals surface area (Å²) in [6, 6.07) is 13.4. The Bertz CT molecular complexity index is 851. The summed E-state index contributed by atoms with van der Waals surface area (Å²) in [5.74, 6) is -0.933. The second-order valence-electron chi connectivity index (χ2n) is 6.36. The Balaban J connectivity index is 2.18. The van der Waals surface area contributed by atoms with Crippen LogP contribution in [-0.4, -0.2) is 35.0 Å². The van der Waals surface area contributed by atoms with Gasteiger partial charge in [-0.15, -0.1) is 0 Å². The first-order valence-electron chi connectivity index (χ1n) is 9.42. The number of nitrogens with one attached hydrogen (secondary N) is 1. The summed E-state index contributed by atoms with van der Waals surface area (Å²) in [6.07, 6.45) is 1.57. The maximum Gasteiger partial charge on any atom is 0.412 e. The van der Waals surface area contributed by atoms with Crippen LogP contribution in [0.25, 0.3) is 0 Å². The van der Waals surface area contributed by atoms with E-state index < -0.39 is 24.3 Å². The molecule has 0 fully saturated rings. The summed E-state index contributed by atoms with van der Waals surface area (Å²) in [7, 11) is 0. The lowest BCUT2D eigenvalue weighted by Crippen LogP contribution is -2.29. The van der Waals surface area contributed by atoms with Crippen molar-refractivity contribution >= 4 is 33.7 Å². The molecule has 0 radical (unpaired) electrons. The number of allylic oxidation sites excluding steroid dienone is 1. The van der Waals surface area contributed by atoms with Crippen LogP contribution in [0.1, 0.15) is 31.4 Å². The molecular weight excluding hydrogens is 454 g/mol. The first-order chi connectivity index (χ1) is 14.4. The van der Waals surface area contributed by atoms with Crippen LogP contribution in [0, 0.1) is 0 Å². The average molecular weight is 478 g/mol. The van der Waals surface area contributed by atoms with Crippen molar-refractivity contribution in [2.24, 2.45) is 0 Å². The number of hydrogen-bond donors (Lipinski definition) is 3. The van der Waals surface area contributed by atoms with Gasteiger partial charge in [-0.25, -0.2) is 9.59 Å². The Labute approximate surface area is 183 Å². The first-order valence-corrected chi connectivity index (χ1v) is 10.2. The fourth-order valence-corrected chi connectivity index (χ4v) is 3.06. The lowest BCUT2D eigenvalue weighted by Gasteiger charge is -2.27. The van der Waals surface area contributed by atoms with E-state index in [1.807, 2.05) is 6.92 Å². The highest BCUT2D eigenvalue weighted by molar-refractivity contribution is 9.10. The zero-order valence-electron chi connectivity index (χ0n) is 16.5. The molecule has 3 N–H and O–H groups in total. The number of carbonyl (C=O) groups excluding carboxylic acids is 1. The molecule has 8 heteroatoms. The van der Waals surface area contributed by atoms with Crippen molar-refractivity contribution in [2.75, 3.05) is 11.9 Å². The second kappa shape index (κ2) is 12.0. The number of benzene rings is 2. The van der Waals surface area contributed by atoms with E-state index in [0.717, 1.165) is 10.5 Å². The molecule has 2 aromatic rings. The van der Waals surface area contributed by atoms with Crippen molar-refractivity contribution in [1.82, 2.24) is 0 Å². The van der Waals surface area contributed by atoms with Crippen molar-refractivity contribution in [2.45, 2.75) is 32.0 Å². The molecule has 0 unspecified atom stereocenters. The molecule has 0 saturated carbocycles. The van der Waals surface area contributed by atoms with Gasteiger partial charge in [-0.05, 0) is 61.7 Å². The summed E-state index contributed by atoms with van der Waals surface area (Å²) in [5, 5.41) is 21.0. The quantitative estimate of drug-likeness (QED) is 0.402. The summed E-state index contributed by atoms with van der Waals surface area (Å²) >= 11 is 3.34. The molecule has 0 bridgehead atoms. The summed E-state index contributed by atoms with van der Waals surface area (Å²) in [4.78, 5) is 23.2. The van der Waals surface area contributed by atoms with E-state index >= 15 is 0 Å². The smallest absolute Gasteiger partial charge is 0.412 e. The van der Waals surface area contributed by atoms with E-state index in [-0.39, 0.29) is 5.75 Å². The zero-order chi connectivity index (χ0) is 21.9. The van der Waals surface area contributed by atoms with Gasteiger partial charge >= 0.3 is 12.1 Å². The maximum absolute atomic E-state index is 12.5. The molecular formula is C22H24BrNO6. The van der Waals surface area contributed by atoms with Gasteiger partial charge in [0, 0.05) is 22.8 Å². The normalized spacial score (nSPS) is 13.0. The Kier molecular flexibility index (Phi) is 9.37. The number of hydrogen-bond acceptors (Lipinski definition) is 5. The number of carboxylic acids is 1. The molecule has 30 heavy (non-hydrogen) atoms. The van der Waals surface area contributed by atoms with E-state index in [9.17, 15) is 14.7 Å². The molecule has 7 nitrogen and oxygen atoms in total. The second-order valence-corrected chi connectivity index (χ2v) is 7.28. The molecule has 160 valence electrons. The SMILES string of the molecule is CCO[C@H](CC/C=C/C(=O)O)[C@H](OC(=O)Nc1ccc(Br)cc1)c1ccc(O)cc1. The molecule has 0 aliphatic heterocycles. The largest absolute Gasteiger partial charge is 0.508 e. The molecule has 0 aliphatic rings. The third-order valence-electron chi connectivity index (χ3n) is 4.14. The number of phenolic OH excluding ortho intramolecular Hbond substituents is 1. The number of anilines is 1. The molecule has 0 aromatic heterocycles. The van der Waals surface area contributed by atoms with Crippen molar-refractivity contribution in [3.8, 4) is 5.75 Å². The van der Waals surface area contributed by atoms with Gasteiger partial charge in [0.2, 0.25) is 0 Å². The number of carbonyl (C=O) groups is 2. The van der Waals surface area contributed by atoms with Crippen molar-refractivity contribution in [3.05, 3.63) is 70.7 Å². The van der Waals surface area contributed by atoms with Gasteiger partial charge in [-0.3, -0.25) is 5.32 Å². The van der Waals surface area contributed by atoms with Crippen molar-refractivity contribution in [1.29, 1.82) is 0 Å². The number of rotatable bonds is 10. The third-order valence-corrected chi connectivity index (χ3v) is 4.67. The van der Waals surface area contributed by atoms with Crippen LogP contribution in [0.3, 0.4) is 0 Å².